The van der Waals surface area contributed by atoms with Crippen LogP contribution in [0, 0.1) is 0 Å². The number of methoxy groups -OCH3 is 2. The molecule has 2 aliphatic heterocycles. The zero-order valence-corrected chi connectivity index (χ0v) is 15.6. The van der Waals surface area contributed by atoms with Crippen LogP contribution in [0.3, 0.4) is 0 Å². The highest BCUT2D eigenvalue weighted by molar-refractivity contribution is 5.81. The van der Waals surface area contributed by atoms with E-state index in [0.29, 0.717) is 12.6 Å². The average molecular weight is 363 g/mol. The van der Waals surface area contributed by atoms with Crippen molar-refractivity contribution >= 4 is 11.6 Å². The van der Waals surface area contributed by atoms with Gasteiger partial charge in [0, 0.05) is 49.6 Å². The van der Waals surface area contributed by atoms with Gasteiger partial charge in [-0.25, -0.2) is 0 Å². The Kier molecular flexibility index (Phi) is 6.21. The Morgan fingerprint density at radius 3 is 2.35 bits per heavy atom. The van der Waals surface area contributed by atoms with Crippen LogP contribution in [0.2, 0.25) is 0 Å². The highest BCUT2D eigenvalue weighted by atomic mass is 16.5. The third-order valence-electron chi connectivity index (χ3n) is 5.17. The second kappa shape index (κ2) is 8.60. The van der Waals surface area contributed by atoms with E-state index in [4.69, 9.17) is 19.9 Å². The number of carbonyl (C=O) groups is 1. The summed E-state index contributed by atoms with van der Waals surface area (Å²) in [5, 5.41) is 3.53. The first-order valence-corrected chi connectivity index (χ1v) is 9.27. The standard InChI is InChI=1S/C19H29N3O4/c1-24-16-9-14(10-17(11-16)25-2)21-13-5-7-22(8-6-13)19(23)18-4-3-15(12-20)26-18/h9-11,13,15,18,21H,3-8,12,20H2,1-2H3/t15-,18+/m1/s1. The maximum absolute atomic E-state index is 12.6. The summed E-state index contributed by atoms with van der Waals surface area (Å²) < 4.78 is 16.4. The second-order valence-corrected chi connectivity index (χ2v) is 6.91. The molecule has 0 bridgehead atoms. The number of anilines is 1. The SMILES string of the molecule is COc1cc(NC2CCN(C(=O)[C@@H]3CC[C@H](CN)O3)CC2)cc(OC)c1. The van der Waals surface area contributed by atoms with Crippen molar-refractivity contribution in [3.8, 4) is 11.5 Å². The average Bonchev–Trinajstić information content (AvgIpc) is 3.17. The molecule has 0 radical (unpaired) electrons. The van der Waals surface area contributed by atoms with Gasteiger partial charge < -0.3 is 30.2 Å². The maximum atomic E-state index is 12.6. The van der Waals surface area contributed by atoms with Crippen molar-refractivity contribution in [2.24, 2.45) is 5.73 Å². The number of nitrogens with one attached hydrogen (secondary N) is 1. The molecule has 3 rings (SSSR count). The molecule has 0 saturated carbocycles. The highest BCUT2D eigenvalue weighted by Crippen LogP contribution is 2.28. The Hall–Kier alpha value is -1.99. The molecule has 144 valence electrons. The largest absolute Gasteiger partial charge is 0.497 e. The second-order valence-electron chi connectivity index (χ2n) is 6.91. The number of hydrogen-bond donors (Lipinski definition) is 2. The van der Waals surface area contributed by atoms with Gasteiger partial charge in [0.1, 0.15) is 17.6 Å². The summed E-state index contributed by atoms with van der Waals surface area (Å²) >= 11 is 0. The number of nitrogens with zero attached hydrogens (tertiary/aromatic N) is 1. The summed E-state index contributed by atoms with van der Waals surface area (Å²) in [5.74, 6) is 1.63. The molecule has 0 aromatic heterocycles. The lowest BCUT2D eigenvalue weighted by Crippen LogP contribution is -2.46. The molecule has 2 aliphatic rings. The van der Waals surface area contributed by atoms with Gasteiger partial charge in [-0.2, -0.15) is 0 Å². The van der Waals surface area contributed by atoms with E-state index in [-0.39, 0.29) is 18.1 Å². The molecule has 0 aliphatic carbocycles. The van der Waals surface area contributed by atoms with Crippen molar-refractivity contribution in [2.75, 3.05) is 39.2 Å². The predicted molar refractivity (Wildman–Crippen MR) is 99.7 cm³/mol. The van der Waals surface area contributed by atoms with Crippen molar-refractivity contribution in [1.29, 1.82) is 0 Å². The van der Waals surface area contributed by atoms with Crippen LogP contribution < -0.4 is 20.5 Å². The van der Waals surface area contributed by atoms with Crippen molar-refractivity contribution in [2.45, 2.75) is 43.9 Å². The van der Waals surface area contributed by atoms with Crippen LogP contribution in [0.25, 0.3) is 0 Å². The number of nitrogens with two attached hydrogens (primary N) is 1. The lowest BCUT2D eigenvalue weighted by molar-refractivity contribution is -0.143. The summed E-state index contributed by atoms with van der Waals surface area (Å²) in [6, 6.07) is 6.08. The highest BCUT2D eigenvalue weighted by Gasteiger charge is 2.34. The van der Waals surface area contributed by atoms with Crippen LogP contribution in [0.5, 0.6) is 11.5 Å². The Balaban J connectivity index is 1.52. The van der Waals surface area contributed by atoms with Gasteiger partial charge in [-0.1, -0.05) is 0 Å². The number of benzene rings is 1. The van der Waals surface area contributed by atoms with Crippen molar-refractivity contribution in [1.82, 2.24) is 4.90 Å². The molecule has 26 heavy (non-hydrogen) atoms. The number of ether oxygens (including phenoxy) is 3. The molecule has 1 aromatic carbocycles. The van der Waals surface area contributed by atoms with E-state index in [9.17, 15) is 4.79 Å². The monoisotopic (exact) mass is 363 g/mol. The first kappa shape index (κ1) is 18.8. The smallest absolute Gasteiger partial charge is 0.251 e. The van der Waals surface area contributed by atoms with Crippen molar-refractivity contribution in [3.63, 3.8) is 0 Å². The summed E-state index contributed by atoms with van der Waals surface area (Å²) in [7, 11) is 3.28. The normalized spacial score (nSPS) is 23.7. The third-order valence-corrected chi connectivity index (χ3v) is 5.17. The lowest BCUT2D eigenvalue weighted by atomic mass is 10.0. The zero-order chi connectivity index (χ0) is 18.5. The minimum atomic E-state index is -0.310. The van der Waals surface area contributed by atoms with E-state index >= 15 is 0 Å². The number of amides is 1. The molecule has 7 nitrogen and oxygen atoms in total. The topological polar surface area (TPSA) is 86.1 Å². The van der Waals surface area contributed by atoms with Gasteiger partial charge in [0.15, 0.2) is 0 Å². The Labute approximate surface area is 154 Å². The van der Waals surface area contributed by atoms with Gasteiger partial charge >= 0.3 is 0 Å². The Morgan fingerprint density at radius 2 is 1.81 bits per heavy atom. The van der Waals surface area contributed by atoms with E-state index in [2.05, 4.69) is 5.32 Å². The molecular weight excluding hydrogens is 334 g/mol. The fourth-order valence-corrected chi connectivity index (χ4v) is 3.64. The fraction of sp³-hybridized carbons (Fsp3) is 0.632. The van der Waals surface area contributed by atoms with Crippen LogP contribution in [0.4, 0.5) is 5.69 Å². The van der Waals surface area contributed by atoms with E-state index in [1.54, 1.807) is 14.2 Å². The van der Waals surface area contributed by atoms with Crippen molar-refractivity contribution in [3.05, 3.63) is 18.2 Å². The number of hydrogen-bond acceptors (Lipinski definition) is 6. The molecule has 7 heteroatoms. The molecule has 1 amide bonds. The number of rotatable bonds is 6. The van der Waals surface area contributed by atoms with E-state index in [1.807, 2.05) is 23.1 Å². The van der Waals surface area contributed by atoms with Gasteiger partial charge in [0.05, 0.1) is 20.3 Å². The Bertz CT molecular complexity index is 595. The minimum Gasteiger partial charge on any atom is -0.497 e. The molecule has 2 atom stereocenters. The fourth-order valence-electron chi connectivity index (χ4n) is 3.64. The summed E-state index contributed by atoms with van der Waals surface area (Å²) in [4.78, 5) is 14.5. The summed E-state index contributed by atoms with van der Waals surface area (Å²) in [5.41, 5.74) is 6.60. The van der Waals surface area contributed by atoms with Gasteiger partial charge in [0.25, 0.3) is 5.91 Å². The van der Waals surface area contributed by atoms with Gasteiger partial charge in [-0.05, 0) is 25.7 Å². The molecule has 3 N–H and O–H groups in total. The van der Waals surface area contributed by atoms with Crippen LogP contribution in [-0.2, 0) is 9.53 Å². The van der Waals surface area contributed by atoms with Gasteiger partial charge in [0.2, 0.25) is 0 Å². The van der Waals surface area contributed by atoms with E-state index in [1.165, 1.54) is 0 Å². The summed E-state index contributed by atoms with van der Waals surface area (Å²) in [6.45, 7) is 1.97. The molecule has 2 saturated heterocycles. The quantitative estimate of drug-likeness (QED) is 0.799. The van der Waals surface area contributed by atoms with Crippen LogP contribution in [0.15, 0.2) is 18.2 Å². The number of piperidine rings is 1. The number of carbonyl (C=O) groups excluding carboxylic acids is 1. The Morgan fingerprint density at radius 1 is 1.15 bits per heavy atom. The first-order chi connectivity index (χ1) is 12.6. The van der Waals surface area contributed by atoms with E-state index in [0.717, 1.165) is 56.0 Å². The lowest BCUT2D eigenvalue weighted by Gasteiger charge is -2.34. The molecular formula is C19H29N3O4. The van der Waals surface area contributed by atoms with E-state index < -0.39 is 0 Å². The number of likely N-dealkylation sites (tertiary alicyclic amines) is 1. The van der Waals surface area contributed by atoms with Gasteiger partial charge in [-0.3, -0.25) is 4.79 Å². The van der Waals surface area contributed by atoms with Crippen LogP contribution in [0.1, 0.15) is 25.7 Å². The molecule has 2 heterocycles. The maximum Gasteiger partial charge on any atom is 0.251 e. The zero-order valence-electron chi connectivity index (χ0n) is 15.6. The summed E-state index contributed by atoms with van der Waals surface area (Å²) in [6.07, 6.45) is 3.18. The predicted octanol–water partition coefficient (Wildman–Crippen LogP) is 1.61. The third kappa shape index (κ3) is 4.40. The van der Waals surface area contributed by atoms with Crippen molar-refractivity contribution < 1.29 is 19.0 Å². The van der Waals surface area contributed by atoms with Crippen LogP contribution in [-0.4, -0.2) is 62.9 Å². The molecule has 0 spiro atoms. The first-order valence-electron chi connectivity index (χ1n) is 9.27. The minimum absolute atomic E-state index is 0.0335. The van der Waals surface area contributed by atoms with Crippen LogP contribution >= 0.6 is 0 Å². The molecule has 0 unspecified atom stereocenters. The molecule has 1 aromatic rings. The molecule has 2 fully saturated rings. The van der Waals surface area contributed by atoms with Gasteiger partial charge in [-0.15, -0.1) is 0 Å².